The van der Waals surface area contributed by atoms with E-state index in [0.29, 0.717) is 11.4 Å². The Labute approximate surface area is 252 Å². The molecule has 1 aliphatic heterocycles. The van der Waals surface area contributed by atoms with E-state index >= 15 is 0 Å². The van der Waals surface area contributed by atoms with E-state index < -0.39 is 28.1 Å². The first kappa shape index (κ1) is 31.6. The van der Waals surface area contributed by atoms with E-state index in [1.165, 1.54) is 29.2 Å². The Bertz CT molecular complexity index is 1550. The fraction of sp³-hybridized carbons (Fsp3) is 0.355. The highest BCUT2D eigenvalue weighted by atomic mass is 32.2. The summed E-state index contributed by atoms with van der Waals surface area (Å²) in [5.41, 5.74) is 1.86. The van der Waals surface area contributed by atoms with Crippen molar-refractivity contribution in [3.63, 3.8) is 0 Å². The van der Waals surface area contributed by atoms with E-state index in [1.807, 2.05) is 13.8 Å². The first-order valence-electron chi connectivity index (χ1n) is 13.9. The van der Waals surface area contributed by atoms with Gasteiger partial charge in [-0.2, -0.15) is 0 Å². The molecule has 0 fully saturated rings. The molecule has 0 aliphatic carbocycles. The number of ether oxygens (including phenoxy) is 2. The van der Waals surface area contributed by atoms with Crippen molar-refractivity contribution in [2.24, 2.45) is 5.92 Å². The number of amides is 3. The Morgan fingerprint density at radius 2 is 1.77 bits per heavy atom. The Morgan fingerprint density at radius 1 is 1.12 bits per heavy atom. The molecule has 4 rings (SSSR count). The summed E-state index contributed by atoms with van der Waals surface area (Å²) in [6.45, 7) is 5.70. The maximum absolute atomic E-state index is 13.7. The summed E-state index contributed by atoms with van der Waals surface area (Å²) in [6.07, 6.45) is -0.526. The van der Waals surface area contributed by atoms with Crippen LogP contribution in [0, 0.1) is 12.8 Å². The molecule has 43 heavy (non-hydrogen) atoms. The highest BCUT2D eigenvalue weighted by Gasteiger charge is 2.34. The average molecular weight is 611 g/mol. The average Bonchev–Trinajstić information content (AvgIpc) is 2.99. The van der Waals surface area contributed by atoms with E-state index in [0.717, 1.165) is 5.56 Å². The number of carbonyl (C=O) groups is 2. The number of likely N-dealkylation sites (N-methyl/N-ethyl adjacent to an activating group) is 1. The van der Waals surface area contributed by atoms with Crippen LogP contribution in [0.4, 0.5) is 16.2 Å². The van der Waals surface area contributed by atoms with Gasteiger partial charge in [0.05, 0.1) is 36.8 Å². The van der Waals surface area contributed by atoms with Crippen LogP contribution in [0.1, 0.15) is 29.8 Å². The van der Waals surface area contributed by atoms with Crippen molar-refractivity contribution in [2.45, 2.75) is 37.8 Å². The topological polar surface area (TPSA) is 138 Å². The van der Waals surface area contributed by atoms with Gasteiger partial charge in [0.15, 0.2) is 0 Å². The van der Waals surface area contributed by atoms with Crippen LogP contribution in [0.3, 0.4) is 0 Å². The molecule has 3 aromatic rings. The fourth-order valence-electron chi connectivity index (χ4n) is 4.68. The number of urea groups is 1. The molecule has 11 nitrogen and oxygen atoms in total. The van der Waals surface area contributed by atoms with E-state index in [9.17, 15) is 23.1 Å². The first-order chi connectivity index (χ1) is 20.4. The molecule has 3 amide bonds. The number of carbonyl (C=O) groups excluding carboxylic acids is 2. The van der Waals surface area contributed by atoms with Crippen LogP contribution in [0.2, 0.25) is 0 Å². The lowest BCUT2D eigenvalue weighted by molar-refractivity contribution is 0.0371. The van der Waals surface area contributed by atoms with Gasteiger partial charge < -0.3 is 29.7 Å². The second-order valence-corrected chi connectivity index (χ2v) is 12.5. The Balaban J connectivity index is 1.59. The number of methoxy groups -OCH3 is 1. The lowest BCUT2D eigenvalue weighted by atomic mass is 9.99. The highest BCUT2D eigenvalue weighted by Crippen LogP contribution is 2.31. The van der Waals surface area contributed by atoms with Gasteiger partial charge in [0.1, 0.15) is 17.6 Å². The SMILES string of the molecule is COc1ccc(NC(=O)N(C)C[C@@H]2Oc3ccc(NS(=O)(=O)c4ccc(C)cc4)cc3C(=O)N([C@H](C)CO)C[C@@H]2C)cc1. The maximum atomic E-state index is 13.7. The number of aliphatic hydroxyl groups excluding tert-OH is 1. The minimum absolute atomic E-state index is 0.0905. The van der Waals surface area contributed by atoms with Crippen molar-refractivity contribution >= 4 is 33.3 Å². The van der Waals surface area contributed by atoms with Crippen molar-refractivity contribution < 1.29 is 32.6 Å². The van der Waals surface area contributed by atoms with Gasteiger partial charge in [-0.05, 0) is 68.4 Å². The number of fused-ring (bicyclic) bond motifs is 1. The second kappa shape index (κ2) is 13.3. The molecule has 1 heterocycles. The van der Waals surface area contributed by atoms with Gasteiger partial charge in [-0.1, -0.05) is 24.6 Å². The summed E-state index contributed by atoms with van der Waals surface area (Å²) in [4.78, 5) is 29.9. The van der Waals surface area contributed by atoms with Crippen molar-refractivity contribution in [1.29, 1.82) is 0 Å². The summed E-state index contributed by atoms with van der Waals surface area (Å²) >= 11 is 0. The molecular formula is C31H38N4O7S. The summed E-state index contributed by atoms with van der Waals surface area (Å²) in [5.74, 6) is 0.300. The van der Waals surface area contributed by atoms with Crippen LogP contribution >= 0.6 is 0 Å². The molecule has 0 unspecified atom stereocenters. The normalized spacial score (nSPS) is 17.5. The Kier molecular flexibility index (Phi) is 9.82. The van der Waals surface area contributed by atoms with Crippen molar-refractivity contribution in [2.75, 3.05) is 43.9 Å². The van der Waals surface area contributed by atoms with E-state index in [1.54, 1.807) is 68.4 Å². The van der Waals surface area contributed by atoms with Crippen LogP contribution in [0.15, 0.2) is 71.6 Å². The monoisotopic (exact) mass is 610 g/mol. The predicted molar refractivity (Wildman–Crippen MR) is 164 cm³/mol. The Morgan fingerprint density at radius 3 is 2.40 bits per heavy atom. The number of nitrogens with zero attached hydrogens (tertiary/aromatic N) is 2. The van der Waals surface area contributed by atoms with Gasteiger partial charge in [-0.3, -0.25) is 9.52 Å². The molecule has 3 aromatic carbocycles. The smallest absolute Gasteiger partial charge is 0.321 e. The minimum atomic E-state index is -3.91. The number of rotatable bonds is 9. The number of hydrogen-bond acceptors (Lipinski definition) is 7. The fourth-order valence-corrected chi connectivity index (χ4v) is 5.73. The van der Waals surface area contributed by atoms with Gasteiger partial charge in [-0.25, -0.2) is 13.2 Å². The van der Waals surface area contributed by atoms with E-state index in [2.05, 4.69) is 10.0 Å². The quantitative estimate of drug-likeness (QED) is 0.330. The van der Waals surface area contributed by atoms with Gasteiger partial charge in [0.25, 0.3) is 15.9 Å². The van der Waals surface area contributed by atoms with Crippen molar-refractivity contribution in [3.05, 3.63) is 77.9 Å². The zero-order valence-electron chi connectivity index (χ0n) is 24.9. The molecule has 0 saturated heterocycles. The van der Waals surface area contributed by atoms with Crippen LogP contribution in [-0.2, 0) is 10.0 Å². The number of hydrogen-bond donors (Lipinski definition) is 3. The largest absolute Gasteiger partial charge is 0.497 e. The summed E-state index contributed by atoms with van der Waals surface area (Å²) in [7, 11) is -0.698. The third kappa shape index (κ3) is 7.57. The molecular weight excluding hydrogens is 572 g/mol. The molecule has 0 radical (unpaired) electrons. The molecule has 0 aromatic heterocycles. The molecule has 12 heteroatoms. The van der Waals surface area contributed by atoms with Crippen molar-refractivity contribution in [1.82, 2.24) is 9.80 Å². The van der Waals surface area contributed by atoms with Crippen LogP contribution < -0.4 is 19.5 Å². The second-order valence-electron chi connectivity index (χ2n) is 10.8. The maximum Gasteiger partial charge on any atom is 0.321 e. The highest BCUT2D eigenvalue weighted by molar-refractivity contribution is 7.92. The molecule has 0 saturated carbocycles. The van der Waals surface area contributed by atoms with Crippen molar-refractivity contribution in [3.8, 4) is 11.5 Å². The Hall–Kier alpha value is -4.29. The zero-order valence-corrected chi connectivity index (χ0v) is 25.7. The molecule has 0 spiro atoms. The van der Waals surface area contributed by atoms with E-state index in [-0.39, 0.29) is 53.5 Å². The van der Waals surface area contributed by atoms with Gasteiger partial charge in [0, 0.05) is 30.9 Å². The third-order valence-corrected chi connectivity index (χ3v) is 8.79. The number of nitrogens with one attached hydrogen (secondary N) is 2. The van der Waals surface area contributed by atoms with E-state index in [4.69, 9.17) is 9.47 Å². The number of benzene rings is 3. The third-order valence-electron chi connectivity index (χ3n) is 7.39. The van der Waals surface area contributed by atoms with Gasteiger partial charge >= 0.3 is 6.03 Å². The summed E-state index contributed by atoms with van der Waals surface area (Å²) < 4.78 is 40.1. The lowest BCUT2D eigenvalue weighted by Crippen LogP contribution is -2.50. The summed E-state index contributed by atoms with van der Waals surface area (Å²) in [6, 6.07) is 17.1. The lowest BCUT2D eigenvalue weighted by Gasteiger charge is -2.38. The first-order valence-corrected chi connectivity index (χ1v) is 15.4. The number of aliphatic hydroxyl groups is 1. The molecule has 230 valence electrons. The minimum Gasteiger partial charge on any atom is -0.497 e. The number of aryl methyl sites for hydroxylation is 1. The van der Waals surface area contributed by atoms with Gasteiger partial charge in [-0.15, -0.1) is 0 Å². The number of sulfonamides is 1. The molecule has 1 aliphatic rings. The predicted octanol–water partition coefficient (Wildman–Crippen LogP) is 4.19. The van der Waals surface area contributed by atoms with Crippen LogP contribution in [0.5, 0.6) is 11.5 Å². The standard InChI is InChI=1S/C31H38N4O7S/c1-20-6-13-26(14-7-20)43(39,40)33-24-10-15-28-27(16-24)30(37)35(22(3)19-36)17-21(2)29(42-28)18-34(4)31(38)32-23-8-11-25(41-5)12-9-23/h6-16,21-22,29,33,36H,17-19H2,1-5H3,(H,32,38)/t21-,22+,29-/m0/s1. The van der Waals surface area contributed by atoms with Crippen LogP contribution in [0.25, 0.3) is 0 Å². The van der Waals surface area contributed by atoms with Gasteiger partial charge in [0.2, 0.25) is 0 Å². The number of anilines is 2. The summed E-state index contributed by atoms with van der Waals surface area (Å²) in [5, 5.41) is 12.8. The molecule has 3 atom stereocenters. The molecule has 0 bridgehead atoms. The zero-order chi connectivity index (χ0) is 31.3. The molecule has 3 N–H and O–H groups in total. The van der Waals surface area contributed by atoms with Crippen LogP contribution in [-0.4, -0.2) is 81.3 Å².